The number of aromatic amines is 1. The first-order chi connectivity index (χ1) is 17.7. The van der Waals surface area contributed by atoms with Crippen LogP contribution in [-0.4, -0.2) is 15.9 Å². The number of fused-ring (bicyclic) bond motifs is 2. The smallest absolute Gasteiger partial charge is 0.265 e. The van der Waals surface area contributed by atoms with Crippen molar-refractivity contribution >= 4 is 49.2 Å². The molecule has 2 aromatic heterocycles. The number of aromatic nitrogens is 2. The number of amides is 1. The number of anilines is 2. The van der Waals surface area contributed by atoms with Crippen LogP contribution in [-0.2, 0) is 0 Å². The summed E-state index contributed by atoms with van der Waals surface area (Å²) in [5.41, 5.74) is 1.98. The van der Waals surface area contributed by atoms with Gasteiger partial charge in [0.2, 0.25) is 5.56 Å². The molecule has 7 heteroatoms. The summed E-state index contributed by atoms with van der Waals surface area (Å²) in [5, 5.41) is 1.18. The van der Waals surface area contributed by atoms with E-state index in [4.69, 9.17) is 9.72 Å². The van der Waals surface area contributed by atoms with E-state index >= 15 is 0 Å². The maximum absolute atomic E-state index is 14.1. The highest BCUT2D eigenvalue weighted by Gasteiger charge is 2.25. The fraction of sp³-hybridized carbons (Fsp3) is 0. The minimum Gasteiger partial charge on any atom is -0.457 e. The lowest BCUT2D eigenvalue weighted by Crippen LogP contribution is -2.27. The van der Waals surface area contributed by atoms with Gasteiger partial charge in [-0.25, -0.2) is 4.98 Å². The molecule has 6 rings (SSSR count). The van der Waals surface area contributed by atoms with Gasteiger partial charge in [0, 0.05) is 17.0 Å². The molecule has 6 aromatic rings. The second-order valence-electron chi connectivity index (χ2n) is 8.11. The predicted octanol–water partition coefficient (Wildman–Crippen LogP) is 6.91. The Morgan fingerprint density at radius 3 is 2.31 bits per heavy atom. The number of H-pyrrole nitrogens is 1. The number of hydrogen-bond acceptors (Lipinski definition) is 5. The van der Waals surface area contributed by atoms with Gasteiger partial charge in [-0.2, -0.15) is 0 Å². The van der Waals surface area contributed by atoms with Crippen LogP contribution in [0.15, 0.2) is 114 Å². The Hall–Kier alpha value is -4.75. The van der Waals surface area contributed by atoms with Crippen molar-refractivity contribution in [2.45, 2.75) is 0 Å². The number of hydrogen-bond donors (Lipinski definition) is 1. The number of rotatable bonds is 5. The lowest BCUT2D eigenvalue weighted by atomic mass is 10.1. The first-order valence-corrected chi connectivity index (χ1v) is 12.1. The Labute approximate surface area is 210 Å². The molecule has 0 spiro atoms. The summed E-state index contributed by atoms with van der Waals surface area (Å²) in [7, 11) is 0. The third-order valence-electron chi connectivity index (χ3n) is 5.73. The molecular weight excluding hydrogens is 470 g/mol. The highest BCUT2D eigenvalue weighted by Crippen LogP contribution is 2.36. The molecule has 1 N–H and O–H groups in total. The largest absolute Gasteiger partial charge is 0.457 e. The van der Waals surface area contributed by atoms with E-state index in [9.17, 15) is 9.59 Å². The van der Waals surface area contributed by atoms with Crippen LogP contribution in [0.3, 0.4) is 0 Å². The number of nitrogens with zero attached hydrogens (tertiary/aromatic N) is 2. The topological polar surface area (TPSA) is 75.3 Å². The van der Waals surface area contributed by atoms with Crippen LogP contribution in [0.2, 0.25) is 0 Å². The molecule has 0 bridgehead atoms. The second kappa shape index (κ2) is 9.13. The van der Waals surface area contributed by atoms with Gasteiger partial charge in [-0.3, -0.25) is 14.5 Å². The summed E-state index contributed by atoms with van der Waals surface area (Å²) in [6.07, 6.45) is 0. The molecule has 0 aliphatic carbocycles. The van der Waals surface area contributed by atoms with Crippen molar-refractivity contribution in [3.8, 4) is 11.5 Å². The first-order valence-electron chi connectivity index (χ1n) is 11.3. The molecule has 0 aliphatic heterocycles. The Kier molecular flexibility index (Phi) is 5.52. The molecular formula is C29H19N3O3S. The number of pyridine rings is 1. The van der Waals surface area contributed by atoms with Gasteiger partial charge in [-0.15, -0.1) is 0 Å². The fourth-order valence-corrected chi connectivity index (χ4v) is 5.05. The molecule has 0 aliphatic rings. The fourth-order valence-electron chi connectivity index (χ4n) is 4.06. The average molecular weight is 490 g/mol. The highest BCUT2D eigenvalue weighted by molar-refractivity contribution is 7.22. The van der Waals surface area contributed by atoms with E-state index in [0.717, 1.165) is 16.0 Å². The zero-order valence-electron chi connectivity index (χ0n) is 18.9. The van der Waals surface area contributed by atoms with E-state index in [2.05, 4.69) is 4.98 Å². The van der Waals surface area contributed by atoms with E-state index < -0.39 is 0 Å². The standard InChI is InChI=1S/C29H19N3O3S/c33-27-18-23(22-10-4-5-11-24(22)30-27)28(34)32(29-31-25-12-6-7-13-26(25)36-29)19-14-16-21(17-15-19)35-20-8-2-1-3-9-20/h1-18H,(H,30,33). The highest BCUT2D eigenvalue weighted by atomic mass is 32.1. The lowest BCUT2D eigenvalue weighted by Gasteiger charge is -2.21. The summed E-state index contributed by atoms with van der Waals surface area (Å²) >= 11 is 1.42. The Morgan fingerprint density at radius 1 is 0.806 bits per heavy atom. The van der Waals surface area contributed by atoms with Crippen molar-refractivity contribution < 1.29 is 9.53 Å². The number of thiazole rings is 1. The van der Waals surface area contributed by atoms with Crippen molar-refractivity contribution in [1.29, 1.82) is 0 Å². The van der Waals surface area contributed by atoms with Crippen LogP contribution < -0.4 is 15.2 Å². The number of para-hydroxylation sites is 3. The van der Waals surface area contributed by atoms with Gasteiger partial charge < -0.3 is 9.72 Å². The van der Waals surface area contributed by atoms with E-state index in [-0.39, 0.29) is 11.5 Å². The number of nitrogens with one attached hydrogen (secondary N) is 1. The SMILES string of the molecule is O=C(c1cc(=O)[nH]c2ccccc12)N(c1ccc(Oc2ccccc2)cc1)c1nc2ccccc2s1. The van der Waals surface area contributed by atoms with Crippen molar-refractivity contribution in [3.63, 3.8) is 0 Å². The molecule has 0 unspecified atom stereocenters. The summed E-state index contributed by atoms with van der Waals surface area (Å²) in [6, 6.07) is 33.1. The van der Waals surface area contributed by atoms with Crippen LogP contribution in [0.5, 0.6) is 11.5 Å². The molecule has 0 saturated heterocycles. The van der Waals surface area contributed by atoms with E-state index in [0.29, 0.717) is 33.0 Å². The normalized spacial score (nSPS) is 11.0. The zero-order valence-corrected chi connectivity index (χ0v) is 19.7. The molecule has 6 nitrogen and oxygen atoms in total. The monoisotopic (exact) mass is 489 g/mol. The van der Waals surface area contributed by atoms with E-state index in [1.165, 1.54) is 17.4 Å². The van der Waals surface area contributed by atoms with Gasteiger partial charge in [0.1, 0.15) is 11.5 Å². The van der Waals surface area contributed by atoms with Crippen LogP contribution in [0, 0.1) is 0 Å². The van der Waals surface area contributed by atoms with Crippen LogP contribution >= 0.6 is 11.3 Å². The van der Waals surface area contributed by atoms with Crippen LogP contribution in [0.4, 0.5) is 10.8 Å². The molecule has 4 aromatic carbocycles. The van der Waals surface area contributed by atoms with Gasteiger partial charge in [0.15, 0.2) is 5.13 Å². The molecule has 2 heterocycles. The maximum atomic E-state index is 14.1. The van der Waals surface area contributed by atoms with Crippen molar-refractivity contribution in [2.24, 2.45) is 0 Å². The van der Waals surface area contributed by atoms with Gasteiger partial charge in [-0.1, -0.05) is 59.9 Å². The minimum atomic E-state index is -0.340. The molecule has 1 amide bonds. The average Bonchev–Trinajstić information content (AvgIpc) is 3.33. The van der Waals surface area contributed by atoms with E-state index in [1.54, 1.807) is 11.0 Å². The summed E-state index contributed by atoms with van der Waals surface area (Å²) in [6.45, 7) is 0. The van der Waals surface area contributed by atoms with Gasteiger partial charge in [-0.05, 0) is 54.6 Å². The number of carbonyl (C=O) groups excluding carboxylic acids is 1. The Morgan fingerprint density at radius 2 is 1.50 bits per heavy atom. The predicted molar refractivity (Wildman–Crippen MR) is 144 cm³/mol. The number of ether oxygens (including phenoxy) is 1. The summed E-state index contributed by atoms with van der Waals surface area (Å²) in [5.74, 6) is 1.02. The Bertz CT molecular complexity index is 1730. The lowest BCUT2D eigenvalue weighted by molar-refractivity contribution is 0.100. The molecule has 0 saturated carbocycles. The molecule has 0 atom stereocenters. The second-order valence-corrected chi connectivity index (χ2v) is 9.12. The quantitative estimate of drug-likeness (QED) is 0.286. The molecule has 0 radical (unpaired) electrons. The van der Waals surface area contributed by atoms with E-state index in [1.807, 2.05) is 97.1 Å². The molecule has 36 heavy (non-hydrogen) atoms. The summed E-state index contributed by atoms with van der Waals surface area (Å²) < 4.78 is 6.89. The first kappa shape index (κ1) is 21.8. The maximum Gasteiger partial charge on any atom is 0.265 e. The Balaban J connectivity index is 1.46. The molecule has 0 fully saturated rings. The number of carbonyl (C=O) groups is 1. The zero-order chi connectivity index (χ0) is 24.5. The van der Waals surface area contributed by atoms with Crippen molar-refractivity contribution in [1.82, 2.24) is 9.97 Å². The van der Waals surface area contributed by atoms with Crippen LogP contribution in [0.1, 0.15) is 10.4 Å². The van der Waals surface area contributed by atoms with Crippen LogP contribution in [0.25, 0.3) is 21.1 Å². The third kappa shape index (κ3) is 4.12. The summed E-state index contributed by atoms with van der Waals surface area (Å²) in [4.78, 5) is 35.6. The number of benzene rings is 4. The van der Waals surface area contributed by atoms with Crippen molar-refractivity contribution in [3.05, 3.63) is 125 Å². The third-order valence-corrected chi connectivity index (χ3v) is 6.75. The van der Waals surface area contributed by atoms with Crippen molar-refractivity contribution in [2.75, 3.05) is 4.90 Å². The minimum absolute atomic E-state index is 0.304. The van der Waals surface area contributed by atoms with Gasteiger partial charge >= 0.3 is 0 Å². The van der Waals surface area contributed by atoms with Gasteiger partial charge in [0.25, 0.3) is 5.91 Å². The molecule has 174 valence electrons. The van der Waals surface area contributed by atoms with Gasteiger partial charge in [0.05, 0.1) is 21.5 Å².